The highest BCUT2D eigenvalue weighted by Gasteiger charge is 2.53. The molecule has 2 aliphatic rings. The van der Waals surface area contributed by atoms with Gasteiger partial charge in [0.25, 0.3) is 0 Å². The van der Waals surface area contributed by atoms with Gasteiger partial charge in [-0.2, -0.15) is 4.31 Å². The Labute approximate surface area is 178 Å². The summed E-state index contributed by atoms with van der Waals surface area (Å²) in [6.45, 7) is 5.76. The summed E-state index contributed by atoms with van der Waals surface area (Å²) in [6.07, 6.45) is 1.16. The van der Waals surface area contributed by atoms with Crippen molar-refractivity contribution < 1.29 is 17.9 Å². The molecule has 2 aliphatic heterocycles. The molecule has 0 aromatic heterocycles. The number of β-lactam (4-membered cyclic amide) rings is 1. The molecule has 0 atom stereocenters. The zero-order valence-electron chi connectivity index (χ0n) is 17.7. The summed E-state index contributed by atoms with van der Waals surface area (Å²) in [5.74, 6) is 0.935. The highest BCUT2D eigenvalue weighted by molar-refractivity contribution is 7.89. The minimum Gasteiger partial charge on any atom is -0.497 e. The summed E-state index contributed by atoms with van der Waals surface area (Å²) in [7, 11) is -1.91. The van der Waals surface area contributed by atoms with Crippen LogP contribution in [0.5, 0.6) is 5.75 Å². The zero-order valence-corrected chi connectivity index (χ0v) is 18.5. The molecule has 0 radical (unpaired) electrons. The maximum absolute atomic E-state index is 13.1. The molecule has 0 N–H and O–H groups in total. The van der Waals surface area contributed by atoms with Crippen LogP contribution in [-0.4, -0.2) is 50.3 Å². The first-order chi connectivity index (χ1) is 14.2. The summed E-state index contributed by atoms with van der Waals surface area (Å²) in [5, 5.41) is 0. The molecule has 0 unspecified atom stereocenters. The van der Waals surface area contributed by atoms with Gasteiger partial charge in [-0.15, -0.1) is 0 Å². The number of likely N-dealkylation sites (tertiary alicyclic amines) is 1. The van der Waals surface area contributed by atoms with Gasteiger partial charge in [-0.3, -0.25) is 4.79 Å². The fourth-order valence-corrected chi connectivity index (χ4v) is 6.23. The topological polar surface area (TPSA) is 66.9 Å². The Morgan fingerprint density at radius 1 is 1.03 bits per heavy atom. The van der Waals surface area contributed by atoms with Crippen LogP contribution in [0.3, 0.4) is 0 Å². The van der Waals surface area contributed by atoms with Crippen LogP contribution in [-0.2, 0) is 21.4 Å². The van der Waals surface area contributed by atoms with Crippen LogP contribution in [0, 0.1) is 19.3 Å². The molecule has 1 spiro atoms. The van der Waals surface area contributed by atoms with Crippen LogP contribution in [0.1, 0.15) is 29.5 Å². The third-order valence-electron chi connectivity index (χ3n) is 6.41. The van der Waals surface area contributed by atoms with E-state index in [1.165, 1.54) is 0 Å². The lowest BCUT2D eigenvalue weighted by Gasteiger charge is -2.52. The van der Waals surface area contributed by atoms with E-state index in [1.54, 1.807) is 17.5 Å². The molecule has 30 heavy (non-hydrogen) atoms. The number of methoxy groups -OCH3 is 1. The Bertz CT molecular complexity index is 1060. The fourth-order valence-electron chi connectivity index (χ4n) is 4.48. The highest BCUT2D eigenvalue weighted by Crippen LogP contribution is 2.43. The number of piperidine rings is 1. The first-order valence-corrected chi connectivity index (χ1v) is 11.7. The Morgan fingerprint density at radius 3 is 2.30 bits per heavy atom. The van der Waals surface area contributed by atoms with E-state index in [1.807, 2.05) is 55.1 Å². The smallest absolute Gasteiger partial charge is 0.243 e. The molecule has 6 nitrogen and oxygen atoms in total. The summed E-state index contributed by atoms with van der Waals surface area (Å²) >= 11 is 0. The van der Waals surface area contributed by atoms with Crippen molar-refractivity contribution in [3.8, 4) is 5.75 Å². The number of amides is 1. The van der Waals surface area contributed by atoms with Gasteiger partial charge in [0.1, 0.15) is 5.75 Å². The Hall–Kier alpha value is -2.38. The molecule has 2 fully saturated rings. The molecule has 1 amide bonds. The van der Waals surface area contributed by atoms with Crippen molar-refractivity contribution >= 4 is 15.9 Å². The van der Waals surface area contributed by atoms with Crippen LogP contribution in [0.4, 0.5) is 0 Å². The van der Waals surface area contributed by atoms with Crippen LogP contribution < -0.4 is 4.74 Å². The van der Waals surface area contributed by atoms with Gasteiger partial charge in [0.15, 0.2) is 0 Å². The van der Waals surface area contributed by atoms with E-state index in [0.717, 1.165) is 22.4 Å². The van der Waals surface area contributed by atoms with Gasteiger partial charge in [0.05, 0.1) is 17.4 Å². The molecule has 4 rings (SSSR count). The van der Waals surface area contributed by atoms with Gasteiger partial charge in [-0.25, -0.2) is 8.42 Å². The number of ether oxygens (including phenoxy) is 1. The van der Waals surface area contributed by atoms with E-state index in [-0.39, 0.29) is 5.91 Å². The van der Waals surface area contributed by atoms with Crippen molar-refractivity contribution in [3.63, 3.8) is 0 Å². The van der Waals surface area contributed by atoms with Gasteiger partial charge in [0.2, 0.25) is 15.9 Å². The molecule has 160 valence electrons. The predicted octanol–water partition coefficient (Wildman–Crippen LogP) is 3.13. The third kappa shape index (κ3) is 3.61. The summed E-state index contributed by atoms with van der Waals surface area (Å²) < 4.78 is 33.0. The number of benzene rings is 2. The van der Waals surface area contributed by atoms with E-state index in [9.17, 15) is 13.2 Å². The van der Waals surface area contributed by atoms with E-state index >= 15 is 0 Å². The zero-order chi connectivity index (χ0) is 21.5. The lowest BCUT2D eigenvalue weighted by Crippen LogP contribution is -2.64. The van der Waals surface area contributed by atoms with Crippen molar-refractivity contribution in [2.45, 2.75) is 38.1 Å². The number of carbonyl (C=O) groups is 1. The van der Waals surface area contributed by atoms with Gasteiger partial charge in [0, 0.05) is 26.2 Å². The van der Waals surface area contributed by atoms with Crippen LogP contribution >= 0.6 is 0 Å². The molecule has 2 saturated heterocycles. The third-order valence-corrected chi connectivity index (χ3v) is 8.45. The highest BCUT2D eigenvalue weighted by atomic mass is 32.2. The molecule has 0 bridgehead atoms. The predicted molar refractivity (Wildman–Crippen MR) is 115 cm³/mol. The molecular weight excluding hydrogens is 400 g/mol. The monoisotopic (exact) mass is 428 g/mol. The van der Waals surface area contributed by atoms with Crippen LogP contribution in [0.25, 0.3) is 0 Å². The lowest BCUT2D eigenvalue weighted by molar-refractivity contribution is -0.165. The quantitative estimate of drug-likeness (QED) is 0.687. The number of hydrogen-bond acceptors (Lipinski definition) is 4. The number of nitrogens with zero attached hydrogens (tertiary/aromatic N) is 2. The van der Waals surface area contributed by atoms with Crippen molar-refractivity contribution in [1.29, 1.82) is 0 Å². The number of sulfonamides is 1. The minimum absolute atomic E-state index is 0.141. The van der Waals surface area contributed by atoms with E-state index < -0.39 is 15.4 Å². The fraction of sp³-hybridized carbons (Fsp3) is 0.435. The number of rotatable bonds is 5. The molecule has 2 aromatic carbocycles. The van der Waals surface area contributed by atoms with Gasteiger partial charge < -0.3 is 9.64 Å². The summed E-state index contributed by atoms with van der Waals surface area (Å²) in [6, 6.07) is 13.2. The largest absolute Gasteiger partial charge is 0.497 e. The van der Waals surface area contributed by atoms with Crippen molar-refractivity contribution in [1.82, 2.24) is 9.21 Å². The first-order valence-electron chi connectivity index (χ1n) is 10.2. The summed E-state index contributed by atoms with van der Waals surface area (Å²) in [5.41, 5.74) is 2.34. The van der Waals surface area contributed by atoms with Gasteiger partial charge in [-0.1, -0.05) is 24.3 Å². The Morgan fingerprint density at radius 2 is 1.70 bits per heavy atom. The SMILES string of the molecule is COc1ccc(CN2CC3(CCN(S(=O)(=O)c4cc(C)ccc4C)CC3)C2=O)cc1. The number of hydrogen-bond donors (Lipinski definition) is 0. The molecule has 0 saturated carbocycles. The second kappa shape index (κ2) is 7.71. The number of carbonyl (C=O) groups excluding carboxylic acids is 1. The molecular formula is C23H28N2O4S. The number of aryl methyl sites for hydroxylation is 2. The molecule has 2 aromatic rings. The Balaban J connectivity index is 1.39. The Kier molecular flexibility index (Phi) is 5.36. The minimum atomic E-state index is -3.54. The van der Waals surface area contributed by atoms with Crippen LogP contribution in [0.2, 0.25) is 0 Å². The van der Waals surface area contributed by atoms with E-state index in [4.69, 9.17) is 4.74 Å². The van der Waals surface area contributed by atoms with E-state index in [2.05, 4.69) is 0 Å². The van der Waals surface area contributed by atoms with Gasteiger partial charge >= 0.3 is 0 Å². The molecule has 0 aliphatic carbocycles. The first kappa shape index (κ1) is 20.9. The van der Waals surface area contributed by atoms with Crippen molar-refractivity contribution in [2.75, 3.05) is 26.7 Å². The van der Waals surface area contributed by atoms with E-state index in [0.29, 0.717) is 43.9 Å². The average Bonchev–Trinajstić information content (AvgIpc) is 2.75. The van der Waals surface area contributed by atoms with Gasteiger partial charge in [-0.05, 0) is 61.6 Å². The lowest BCUT2D eigenvalue weighted by atomic mass is 9.71. The standard InChI is InChI=1S/C23H28N2O4S/c1-17-4-5-18(2)21(14-17)30(27,28)25-12-10-23(11-13-25)16-24(22(23)26)15-19-6-8-20(29-3)9-7-19/h4-9,14H,10-13,15-16H2,1-3H3. The second-order valence-electron chi connectivity index (χ2n) is 8.46. The maximum Gasteiger partial charge on any atom is 0.243 e. The molecule has 2 heterocycles. The average molecular weight is 429 g/mol. The second-order valence-corrected chi connectivity index (χ2v) is 10.4. The van der Waals surface area contributed by atoms with Crippen molar-refractivity contribution in [2.24, 2.45) is 5.41 Å². The van der Waals surface area contributed by atoms with Crippen LogP contribution in [0.15, 0.2) is 47.4 Å². The normalized spacial score (nSPS) is 19.0. The molecule has 7 heteroatoms. The van der Waals surface area contributed by atoms with Crippen molar-refractivity contribution in [3.05, 3.63) is 59.2 Å². The summed E-state index contributed by atoms with van der Waals surface area (Å²) in [4.78, 5) is 15.2. The maximum atomic E-state index is 13.1.